The minimum Gasteiger partial charge on any atom is -0.382 e. The minimum atomic E-state index is 0.682. The monoisotopic (exact) mass is 231 g/mol. The lowest BCUT2D eigenvalue weighted by Gasteiger charge is -2.18. The molecule has 0 radical (unpaired) electrons. The minimum absolute atomic E-state index is 0.682. The van der Waals surface area contributed by atoms with Crippen molar-refractivity contribution in [1.29, 1.82) is 0 Å². The summed E-state index contributed by atoms with van der Waals surface area (Å²) in [7, 11) is 0. The van der Waals surface area contributed by atoms with Crippen LogP contribution in [0.3, 0.4) is 0 Å². The maximum absolute atomic E-state index is 3.71. The summed E-state index contributed by atoms with van der Waals surface area (Å²) < 4.78 is 0. The SMILES string of the molecule is Cc1ccc(NC2CCCC(C)CC2)cc1C. The molecule has 0 spiro atoms. The zero-order valence-electron chi connectivity index (χ0n) is 11.4. The highest BCUT2D eigenvalue weighted by molar-refractivity contribution is 5.48. The van der Waals surface area contributed by atoms with Crippen LogP contribution in [-0.4, -0.2) is 6.04 Å². The summed E-state index contributed by atoms with van der Waals surface area (Å²) in [5.41, 5.74) is 4.06. The summed E-state index contributed by atoms with van der Waals surface area (Å²) in [6.45, 7) is 6.75. The molecule has 2 unspecified atom stereocenters. The lowest BCUT2D eigenvalue weighted by molar-refractivity contribution is 0.502. The number of hydrogen-bond donors (Lipinski definition) is 1. The van der Waals surface area contributed by atoms with Gasteiger partial charge in [-0.05, 0) is 62.3 Å². The number of anilines is 1. The van der Waals surface area contributed by atoms with Gasteiger partial charge >= 0.3 is 0 Å². The van der Waals surface area contributed by atoms with Crippen LogP contribution in [-0.2, 0) is 0 Å². The van der Waals surface area contributed by atoms with Crippen molar-refractivity contribution < 1.29 is 0 Å². The van der Waals surface area contributed by atoms with Crippen LogP contribution in [0.4, 0.5) is 5.69 Å². The molecule has 1 N–H and O–H groups in total. The van der Waals surface area contributed by atoms with Gasteiger partial charge in [0.2, 0.25) is 0 Å². The van der Waals surface area contributed by atoms with E-state index < -0.39 is 0 Å². The molecule has 1 aliphatic carbocycles. The summed E-state index contributed by atoms with van der Waals surface area (Å²) in [5, 5.41) is 3.71. The third-order valence-electron chi connectivity index (χ3n) is 4.14. The second-order valence-electron chi connectivity index (χ2n) is 5.75. The molecule has 1 nitrogen and oxygen atoms in total. The van der Waals surface area contributed by atoms with E-state index in [9.17, 15) is 0 Å². The van der Waals surface area contributed by atoms with Crippen LogP contribution in [0.5, 0.6) is 0 Å². The molecule has 1 fully saturated rings. The zero-order chi connectivity index (χ0) is 12.3. The quantitative estimate of drug-likeness (QED) is 0.728. The number of aryl methyl sites for hydroxylation is 2. The Morgan fingerprint density at radius 3 is 2.59 bits per heavy atom. The maximum atomic E-state index is 3.71. The van der Waals surface area contributed by atoms with Gasteiger partial charge in [0, 0.05) is 11.7 Å². The Hall–Kier alpha value is -0.980. The molecule has 1 heteroatoms. The third kappa shape index (κ3) is 3.49. The van der Waals surface area contributed by atoms with Gasteiger partial charge in [0.25, 0.3) is 0 Å². The van der Waals surface area contributed by atoms with Gasteiger partial charge < -0.3 is 5.32 Å². The van der Waals surface area contributed by atoms with Crippen molar-refractivity contribution in [3.63, 3.8) is 0 Å². The molecule has 0 aliphatic heterocycles. The molecule has 94 valence electrons. The van der Waals surface area contributed by atoms with E-state index in [1.54, 1.807) is 0 Å². The molecule has 17 heavy (non-hydrogen) atoms. The largest absolute Gasteiger partial charge is 0.382 e. The predicted octanol–water partition coefficient (Wildman–Crippen LogP) is 4.68. The molecule has 1 saturated carbocycles. The van der Waals surface area contributed by atoms with Crippen molar-refractivity contribution in [3.05, 3.63) is 29.3 Å². The Kier molecular flexibility index (Phi) is 4.09. The fourth-order valence-electron chi connectivity index (χ4n) is 2.70. The van der Waals surface area contributed by atoms with Crippen LogP contribution >= 0.6 is 0 Å². The molecule has 1 aromatic rings. The first-order valence-corrected chi connectivity index (χ1v) is 6.99. The Bertz CT molecular complexity index is 370. The van der Waals surface area contributed by atoms with E-state index in [-0.39, 0.29) is 0 Å². The van der Waals surface area contributed by atoms with Gasteiger partial charge in [0.15, 0.2) is 0 Å². The molecular formula is C16H25N. The molecule has 0 aromatic heterocycles. The third-order valence-corrected chi connectivity index (χ3v) is 4.14. The molecule has 0 bridgehead atoms. The van der Waals surface area contributed by atoms with Gasteiger partial charge in [-0.25, -0.2) is 0 Å². The summed E-state index contributed by atoms with van der Waals surface area (Å²) in [4.78, 5) is 0. The first-order chi connectivity index (χ1) is 8.15. The van der Waals surface area contributed by atoms with Crippen LogP contribution in [0.15, 0.2) is 18.2 Å². The van der Waals surface area contributed by atoms with E-state index in [4.69, 9.17) is 0 Å². The highest BCUT2D eigenvalue weighted by Crippen LogP contribution is 2.25. The second-order valence-corrected chi connectivity index (χ2v) is 5.75. The first kappa shape index (κ1) is 12.5. The number of hydrogen-bond acceptors (Lipinski definition) is 1. The fraction of sp³-hybridized carbons (Fsp3) is 0.625. The smallest absolute Gasteiger partial charge is 0.0345 e. The zero-order valence-corrected chi connectivity index (χ0v) is 11.4. The molecule has 2 rings (SSSR count). The topological polar surface area (TPSA) is 12.0 Å². The number of benzene rings is 1. The van der Waals surface area contributed by atoms with Gasteiger partial charge in [-0.1, -0.05) is 25.8 Å². The number of nitrogens with one attached hydrogen (secondary N) is 1. The van der Waals surface area contributed by atoms with Crippen LogP contribution in [0.25, 0.3) is 0 Å². The van der Waals surface area contributed by atoms with Gasteiger partial charge in [-0.2, -0.15) is 0 Å². The van der Waals surface area contributed by atoms with Gasteiger partial charge in [0.1, 0.15) is 0 Å². The predicted molar refractivity (Wildman–Crippen MR) is 75.6 cm³/mol. The van der Waals surface area contributed by atoms with E-state index in [2.05, 4.69) is 44.3 Å². The van der Waals surface area contributed by atoms with Gasteiger partial charge in [-0.3, -0.25) is 0 Å². The summed E-state index contributed by atoms with van der Waals surface area (Å²) in [6.07, 6.45) is 6.82. The van der Waals surface area contributed by atoms with Crippen molar-refractivity contribution >= 4 is 5.69 Å². The highest BCUT2D eigenvalue weighted by Gasteiger charge is 2.15. The maximum Gasteiger partial charge on any atom is 0.0345 e. The lowest BCUT2D eigenvalue weighted by Crippen LogP contribution is -2.18. The van der Waals surface area contributed by atoms with E-state index >= 15 is 0 Å². The number of rotatable bonds is 2. The molecule has 0 amide bonds. The average Bonchev–Trinajstić information content (AvgIpc) is 2.49. The molecule has 0 saturated heterocycles. The molecule has 0 heterocycles. The molecule has 1 aromatic carbocycles. The van der Waals surface area contributed by atoms with Gasteiger partial charge in [0.05, 0.1) is 0 Å². The molecular weight excluding hydrogens is 206 g/mol. The highest BCUT2D eigenvalue weighted by atomic mass is 14.9. The second kappa shape index (κ2) is 5.57. The Balaban J connectivity index is 1.97. The standard InChI is InChI=1S/C16H25N/c1-12-5-4-6-15(9-7-12)17-16-10-8-13(2)14(3)11-16/h8,10-12,15,17H,4-7,9H2,1-3H3. The van der Waals surface area contributed by atoms with Crippen molar-refractivity contribution in [2.24, 2.45) is 5.92 Å². The first-order valence-electron chi connectivity index (χ1n) is 6.99. The Labute approximate surface area is 106 Å². The van der Waals surface area contributed by atoms with Crippen LogP contribution in [0.1, 0.15) is 50.2 Å². The molecule has 1 aliphatic rings. The van der Waals surface area contributed by atoms with Crippen LogP contribution < -0.4 is 5.32 Å². The van der Waals surface area contributed by atoms with Crippen molar-refractivity contribution in [1.82, 2.24) is 0 Å². The summed E-state index contributed by atoms with van der Waals surface area (Å²) >= 11 is 0. The Morgan fingerprint density at radius 2 is 1.82 bits per heavy atom. The van der Waals surface area contributed by atoms with Crippen LogP contribution in [0, 0.1) is 19.8 Å². The Morgan fingerprint density at radius 1 is 1.00 bits per heavy atom. The van der Waals surface area contributed by atoms with Gasteiger partial charge in [-0.15, -0.1) is 0 Å². The lowest BCUT2D eigenvalue weighted by atomic mass is 10.0. The van der Waals surface area contributed by atoms with E-state index in [1.165, 1.54) is 48.9 Å². The summed E-state index contributed by atoms with van der Waals surface area (Å²) in [6, 6.07) is 7.40. The molecule has 2 atom stereocenters. The van der Waals surface area contributed by atoms with E-state index in [1.807, 2.05) is 0 Å². The van der Waals surface area contributed by atoms with Crippen molar-refractivity contribution in [3.8, 4) is 0 Å². The normalized spacial score (nSPS) is 25.4. The van der Waals surface area contributed by atoms with E-state index in [0.29, 0.717) is 6.04 Å². The van der Waals surface area contributed by atoms with Crippen molar-refractivity contribution in [2.45, 2.75) is 58.9 Å². The van der Waals surface area contributed by atoms with E-state index in [0.717, 1.165) is 5.92 Å². The average molecular weight is 231 g/mol. The fourth-order valence-corrected chi connectivity index (χ4v) is 2.70. The summed E-state index contributed by atoms with van der Waals surface area (Å²) in [5.74, 6) is 0.918. The van der Waals surface area contributed by atoms with Crippen LogP contribution in [0.2, 0.25) is 0 Å². The van der Waals surface area contributed by atoms with Crippen molar-refractivity contribution in [2.75, 3.05) is 5.32 Å².